The Labute approximate surface area is 413 Å². The zero-order valence-electron chi connectivity index (χ0n) is 41.5. The number of ketones is 1. The summed E-state index contributed by atoms with van der Waals surface area (Å²) in [6.07, 6.45) is 8.16. The van der Waals surface area contributed by atoms with E-state index in [0.717, 1.165) is 25.5 Å². The number of aliphatic hydroxyl groups is 2. The lowest BCUT2D eigenvalue weighted by Gasteiger charge is -2.38. The van der Waals surface area contributed by atoms with Crippen molar-refractivity contribution in [3.8, 4) is 17.2 Å². The van der Waals surface area contributed by atoms with Crippen molar-refractivity contribution in [3.05, 3.63) is 82.4 Å². The van der Waals surface area contributed by atoms with Crippen molar-refractivity contribution in [2.24, 2.45) is 21.8 Å². The zero-order valence-corrected chi connectivity index (χ0v) is 41.5. The van der Waals surface area contributed by atoms with Gasteiger partial charge in [0.05, 0.1) is 35.1 Å². The average molecular weight is 978 g/mol. The predicted molar refractivity (Wildman–Crippen MR) is 264 cm³/mol. The van der Waals surface area contributed by atoms with Crippen LogP contribution in [0.5, 0.6) is 17.2 Å². The molecule has 5 atom stereocenters. The third-order valence-corrected chi connectivity index (χ3v) is 14.2. The molecule has 18 nitrogen and oxygen atoms in total. The van der Waals surface area contributed by atoms with Gasteiger partial charge >= 0.3 is 11.8 Å². The molecule has 5 bridgehead atoms. The Morgan fingerprint density at radius 2 is 1.76 bits per heavy atom. The molecule has 5 N–H and O–H groups in total. The summed E-state index contributed by atoms with van der Waals surface area (Å²) in [5.74, 6) is -4.38. The fraction of sp³-hybridized carbons (Fsp3) is 0.528. The molecule has 6 aliphatic rings. The van der Waals surface area contributed by atoms with Crippen molar-refractivity contribution < 1.29 is 53.8 Å². The molecule has 3 aromatic rings. The second kappa shape index (κ2) is 21.2. The van der Waals surface area contributed by atoms with Crippen LogP contribution in [0.4, 0.5) is 11.5 Å². The number of carbonyl (C=O) groups is 4. The van der Waals surface area contributed by atoms with Crippen LogP contribution in [0.1, 0.15) is 102 Å². The number of Topliss-reactive ketones (excluding diaryl/α,β-unsaturated/α-hetero) is 1. The molecule has 0 radical (unpaired) electrons. The van der Waals surface area contributed by atoms with Crippen LogP contribution in [-0.4, -0.2) is 134 Å². The third-order valence-electron chi connectivity index (χ3n) is 14.2. The van der Waals surface area contributed by atoms with Gasteiger partial charge < -0.3 is 54.7 Å². The highest BCUT2D eigenvalue weighted by atomic mass is 16.7. The number of fused-ring (bicyclic) bond motifs is 13. The highest BCUT2D eigenvalue weighted by molar-refractivity contribution is 6.21. The number of hydrogen-bond acceptors (Lipinski definition) is 16. The number of esters is 1. The van der Waals surface area contributed by atoms with Crippen molar-refractivity contribution in [2.45, 2.75) is 123 Å². The minimum Gasteiger partial charge on any atom is -0.507 e. The highest BCUT2D eigenvalue weighted by Crippen LogP contribution is 2.51. The van der Waals surface area contributed by atoms with E-state index in [0.29, 0.717) is 57.0 Å². The lowest BCUT2D eigenvalue weighted by Crippen LogP contribution is -2.47. The lowest BCUT2D eigenvalue weighted by molar-refractivity contribution is -0.154. The SMILES string of the molecule is C/C1=C/C=C/C(C)[C@H](O)CC(O)C[C@H](OC(=O)CC(=O)N2CCCN(c3ccccn3)CC2)CC/C=C/O[C@@]2(C)Oc3c(C)c(O)c4c(O)c(c5c(c4c3C2=O)NC2(CCN(CC(C)C)CC2)N=5)=NC1=O. The number of phenols is 2. The first-order valence-electron chi connectivity index (χ1n) is 24.9. The molecule has 2 unspecified atom stereocenters. The van der Waals surface area contributed by atoms with Crippen LogP contribution in [-0.2, 0) is 23.9 Å². The van der Waals surface area contributed by atoms with Crippen LogP contribution in [0.3, 0.4) is 0 Å². The molecule has 0 saturated carbocycles. The van der Waals surface area contributed by atoms with Crippen molar-refractivity contribution in [1.82, 2.24) is 14.8 Å². The van der Waals surface area contributed by atoms with Gasteiger partial charge in [0, 0.05) is 101 Å². The van der Waals surface area contributed by atoms with E-state index in [2.05, 4.69) is 38.9 Å². The van der Waals surface area contributed by atoms with Gasteiger partial charge in [-0.25, -0.2) is 9.98 Å². The van der Waals surface area contributed by atoms with E-state index in [9.17, 15) is 39.6 Å². The zero-order chi connectivity index (χ0) is 50.8. The number of nitrogens with one attached hydrogen (secondary N) is 1. The summed E-state index contributed by atoms with van der Waals surface area (Å²) in [4.78, 5) is 75.6. The summed E-state index contributed by atoms with van der Waals surface area (Å²) < 4.78 is 18.2. The average Bonchev–Trinajstić information content (AvgIpc) is 3.69. The fourth-order valence-electron chi connectivity index (χ4n) is 10.2. The Bertz CT molecular complexity index is 2770. The minimum atomic E-state index is -1.93. The standard InChI is InChI=1S/C53H67N7O11/c1-31(2)30-58-22-17-53(18-23-58)56-44-41-42-47(65)34(5)49-43(41)50(67)52(6,71-49)69-26-10-8-15-36(70-40(64)29-39(63)60-21-12-20-59(24-25-60)38-16-7-9-19-54-38)27-35(61)28-37(62)32(3)13-11-14-33(4)51(68)55-46(48(42)66)45(44)57-53/h7,9-11,13-14,16,19,26,31-32,35-37,56,61-62,65-66H,8,12,15,17-18,20-25,27-30H2,1-6H3/b13-11+,26-10+,33-14-,55-46?/t32?,35?,36-,37-,52+/m1/s1. The summed E-state index contributed by atoms with van der Waals surface area (Å²) >= 11 is 0. The number of ether oxygens (including phenoxy) is 3. The van der Waals surface area contributed by atoms with Crippen LogP contribution in [0.25, 0.3) is 10.8 Å². The molecular formula is C53H67N7O11. The highest BCUT2D eigenvalue weighted by Gasteiger charge is 2.50. The van der Waals surface area contributed by atoms with Crippen molar-refractivity contribution in [3.63, 3.8) is 0 Å². The number of piperidine rings is 1. The maximum Gasteiger partial charge on any atom is 0.315 e. The number of benzene rings is 2. The molecule has 6 aliphatic heterocycles. The van der Waals surface area contributed by atoms with Gasteiger partial charge in [-0.05, 0) is 63.7 Å². The number of carbonyl (C=O) groups excluding carboxylic acids is 4. The Morgan fingerprint density at radius 3 is 2.49 bits per heavy atom. The van der Waals surface area contributed by atoms with E-state index >= 15 is 0 Å². The molecule has 1 aromatic heterocycles. The minimum absolute atomic E-state index is 0.0409. The second-order valence-corrected chi connectivity index (χ2v) is 20.2. The molecule has 7 heterocycles. The number of aliphatic hydroxyl groups excluding tert-OH is 2. The molecule has 380 valence electrons. The summed E-state index contributed by atoms with van der Waals surface area (Å²) in [6.45, 7) is 15.1. The lowest BCUT2D eigenvalue weighted by atomic mass is 9.92. The van der Waals surface area contributed by atoms with Crippen molar-refractivity contribution in [1.29, 1.82) is 0 Å². The first kappa shape index (κ1) is 51.0. The molecule has 2 fully saturated rings. The monoisotopic (exact) mass is 977 g/mol. The fourth-order valence-corrected chi connectivity index (χ4v) is 10.2. The topological polar surface area (TPSA) is 236 Å². The van der Waals surface area contributed by atoms with E-state index in [-0.39, 0.29) is 81.3 Å². The van der Waals surface area contributed by atoms with Crippen LogP contribution in [0.15, 0.2) is 70.5 Å². The molecule has 9 rings (SSSR count). The van der Waals surface area contributed by atoms with Gasteiger partial charge in [-0.3, -0.25) is 24.2 Å². The van der Waals surface area contributed by atoms with E-state index in [1.807, 2.05) is 18.2 Å². The maximum absolute atomic E-state index is 14.7. The van der Waals surface area contributed by atoms with Crippen molar-refractivity contribution >= 4 is 45.8 Å². The Balaban J connectivity index is 1.08. The third kappa shape index (κ3) is 10.9. The van der Waals surface area contributed by atoms with Gasteiger partial charge in [0.2, 0.25) is 5.91 Å². The van der Waals surface area contributed by atoms with E-state index in [4.69, 9.17) is 19.2 Å². The Kier molecular flexibility index (Phi) is 15.2. The number of likely N-dealkylation sites (tertiary alicyclic amines) is 1. The summed E-state index contributed by atoms with van der Waals surface area (Å²) in [6, 6.07) is 5.68. The largest absolute Gasteiger partial charge is 0.507 e. The van der Waals surface area contributed by atoms with E-state index < -0.39 is 65.5 Å². The van der Waals surface area contributed by atoms with Gasteiger partial charge in [-0.15, -0.1) is 0 Å². The predicted octanol–water partition coefficient (Wildman–Crippen LogP) is 4.89. The Morgan fingerprint density at radius 1 is 0.986 bits per heavy atom. The van der Waals surface area contributed by atoms with Crippen LogP contribution < -0.4 is 25.7 Å². The summed E-state index contributed by atoms with van der Waals surface area (Å²) in [5, 5.41) is 50.1. The van der Waals surface area contributed by atoms with Gasteiger partial charge in [0.25, 0.3) is 11.7 Å². The number of amides is 2. The first-order valence-corrected chi connectivity index (χ1v) is 24.9. The molecule has 71 heavy (non-hydrogen) atoms. The second-order valence-electron chi connectivity index (χ2n) is 20.2. The quantitative estimate of drug-likeness (QED) is 0.126. The van der Waals surface area contributed by atoms with E-state index in [1.54, 1.807) is 50.1 Å². The van der Waals surface area contributed by atoms with Gasteiger partial charge in [-0.2, -0.15) is 0 Å². The number of aromatic hydroxyl groups is 2. The summed E-state index contributed by atoms with van der Waals surface area (Å²) in [5.41, 5.74) is -0.129. The smallest absolute Gasteiger partial charge is 0.315 e. The normalized spacial score (nSPS) is 26.9. The molecule has 2 aromatic carbocycles. The Hall–Kier alpha value is -6.37. The number of anilines is 2. The molecular weight excluding hydrogens is 911 g/mol. The molecule has 0 aliphatic carbocycles. The molecule has 1 spiro atoms. The van der Waals surface area contributed by atoms with Crippen LogP contribution in [0, 0.1) is 18.8 Å². The van der Waals surface area contributed by atoms with Gasteiger partial charge in [0.1, 0.15) is 46.2 Å². The number of phenolic OH excluding ortho intramolecular Hbond substituents is 2. The number of aromatic nitrogens is 1. The van der Waals surface area contributed by atoms with Crippen molar-refractivity contribution in [2.75, 3.05) is 56.0 Å². The maximum atomic E-state index is 14.7. The number of rotatable bonds is 6. The van der Waals surface area contributed by atoms with Gasteiger partial charge in [-0.1, -0.05) is 45.1 Å². The summed E-state index contributed by atoms with van der Waals surface area (Å²) in [7, 11) is 0. The van der Waals surface area contributed by atoms with Crippen LogP contribution >= 0.6 is 0 Å². The number of allylic oxidation sites excluding steroid dienone is 3. The number of nitrogens with zero attached hydrogens (tertiary/aromatic N) is 6. The van der Waals surface area contributed by atoms with Gasteiger partial charge in [0.15, 0.2) is 5.75 Å². The van der Waals surface area contributed by atoms with Crippen LogP contribution in [0.2, 0.25) is 0 Å². The molecule has 18 heteroatoms. The number of hydrogen-bond donors (Lipinski definition) is 5. The number of pyridine rings is 1. The van der Waals surface area contributed by atoms with E-state index in [1.165, 1.54) is 19.3 Å². The molecule has 2 saturated heterocycles. The molecule has 2 amide bonds. The first-order chi connectivity index (χ1) is 33.9.